The lowest BCUT2D eigenvalue weighted by molar-refractivity contribution is -0.142. The number of carbonyl (C=O) groups is 1. The average molecular weight is 579 g/mol. The SMILES string of the molecule is O=C(Cn1nc(C(F)(F)F)c2c1CC1CC21)N[C@@H](Cc1cc(F)cc(F)c1)c1ncccc1-c1cnc2[nH]ccc2c1. The Kier molecular flexibility index (Phi) is 6.10. The van der Waals surface area contributed by atoms with Crippen LogP contribution in [0.3, 0.4) is 0 Å². The number of H-pyrrole nitrogens is 1. The van der Waals surface area contributed by atoms with Gasteiger partial charge in [0.2, 0.25) is 5.91 Å². The van der Waals surface area contributed by atoms with Crippen molar-refractivity contribution >= 4 is 16.9 Å². The van der Waals surface area contributed by atoms with Crippen LogP contribution in [0.2, 0.25) is 0 Å². The summed E-state index contributed by atoms with van der Waals surface area (Å²) in [6.45, 7) is -0.440. The lowest BCUT2D eigenvalue weighted by Gasteiger charge is -2.22. The monoisotopic (exact) mass is 578 g/mol. The Balaban J connectivity index is 1.23. The van der Waals surface area contributed by atoms with Gasteiger partial charge in [-0.1, -0.05) is 6.07 Å². The third kappa shape index (κ3) is 4.80. The highest BCUT2D eigenvalue weighted by Crippen LogP contribution is 2.59. The normalized spacial score (nSPS) is 18.1. The number of rotatable bonds is 7. The van der Waals surface area contributed by atoms with Gasteiger partial charge in [-0.15, -0.1) is 0 Å². The highest BCUT2D eigenvalue weighted by atomic mass is 19.4. The van der Waals surface area contributed by atoms with Crippen LogP contribution in [0, 0.1) is 17.6 Å². The van der Waals surface area contributed by atoms with Crippen molar-refractivity contribution in [3.05, 3.63) is 101 Å². The molecule has 0 bridgehead atoms. The Morgan fingerprint density at radius 1 is 1.12 bits per heavy atom. The van der Waals surface area contributed by atoms with Gasteiger partial charge in [0.1, 0.15) is 23.8 Å². The number of nitrogens with one attached hydrogen (secondary N) is 2. The molecule has 214 valence electrons. The van der Waals surface area contributed by atoms with Gasteiger partial charge < -0.3 is 10.3 Å². The van der Waals surface area contributed by atoms with E-state index in [2.05, 4.69) is 25.4 Å². The lowest BCUT2D eigenvalue weighted by atomic mass is 9.95. The molecule has 7 nitrogen and oxygen atoms in total. The van der Waals surface area contributed by atoms with Crippen molar-refractivity contribution in [1.82, 2.24) is 30.0 Å². The van der Waals surface area contributed by atoms with Gasteiger partial charge >= 0.3 is 6.18 Å². The van der Waals surface area contributed by atoms with E-state index in [0.717, 1.165) is 16.1 Å². The molecule has 1 fully saturated rings. The molecule has 4 heterocycles. The van der Waals surface area contributed by atoms with E-state index in [0.29, 0.717) is 41.0 Å². The highest BCUT2D eigenvalue weighted by Gasteiger charge is 2.53. The Bertz CT molecular complexity index is 1820. The summed E-state index contributed by atoms with van der Waals surface area (Å²) in [7, 11) is 0. The number of carbonyl (C=O) groups excluding carboxylic acids is 1. The summed E-state index contributed by atoms with van der Waals surface area (Å²) in [5.74, 6) is -2.16. The summed E-state index contributed by atoms with van der Waals surface area (Å²) in [6, 6.07) is 9.48. The number of fused-ring (bicyclic) bond motifs is 4. The molecule has 1 amide bonds. The number of aromatic amines is 1. The molecule has 0 aliphatic heterocycles. The minimum absolute atomic E-state index is 0.0283. The van der Waals surface area contributed by atoms with Crippen LogP contribution >= 0.6 is 0 Å². The Hall–Kier alpha value is -4.61. The zero-order chi connectivity index (χ0) is 29.2. The van der Waals surface area contributed by atoms with Crippen LogP contribution in [-0.4, -0.2) is 30.6 Å². The first-order chi connectivity index (χ1) is 20.1. The number of hydrogen-bond acceptors (Lipinski definition) is 4. The molecule has 12 heteroatoms. The molecule has 7 rings (SSSR count). The molecule has 2 aliphatic carbocycles. The molecule has 0 radical (unpaired) electrons. The minimum Gasteiger partial charge on any atom is -0.346 e. The van der Waals surface area contributed by atoms with E-state index in [4.69, 9.17) is 0 Å². The van der Waals surface area contributed by atoms with E-state index in [-0.39, 0.29) is 29.4 Å². The Morgan fingerprint density at radius 2 is 1.93 bits per heavy atom. The average Bonchev–Trinajstić information content (AvgIpc) is 3.23. The standard InChI is InChI=1S/C30H23F5N6O/c31-19-6-15(7-20(32)12-19)8-23(27-21(2-1-4-36-27)18-9-16-3-5-37-29(16)38-13-18)39-25(42)14-41-24-11-17-10-22(17)26(24)28(40-41)30(33,34)35/h1-7,9,12-13,17,22-23H,8,10-11,14H2,(H,37,38)(H,39,42)/t17?,22?,23-/m0/s1. The molecule has 0 saturated heterocycles. The van der Waals surface area contributed by atoms with E-state index in [1.54, 1.807) is 24.5 Å². The number of benzene rings is 1. The maximum Gasteiger partial charge on any atom is 0.435 e. The largest absolute Gasteiger partial charge is 0.435 e. The summed E-state index contributed by atoms with van der Waals surface area (Å²) < 4.78 is 70.6. The molecule has 42 heavy (non-hydrogen) atoms. The second-order valence-corrected chi connectivity index (χ2v) is 10.8. The molecule has 2 unspecified atom stereocenters. The fourth-order valence-electron chi connectivity index (χ4n) is 6.11. The van der Waals surface area contributed by atoms with Gasteiger partial charge in [0.25, 0.3) is 0 Å². The van der Waals surface area contributed by atoms with E-state index >= 15 is 0 Å². The maximum atomic E-state index is 14.1. The number of amides is 1. The summed E-state index contributed by atoms with van der Waals surface area (Å²) in [5, 5.41) is 7.51. The number of pyridine rings is 2. The first-order valence-corrected chi connectivity index (χ1v) is 13.4. The number of nitrogens with zero attached hydrogens (tertiary/aromatic N) is 4. The van der Waals surface area contributed by atoms with E-state index in [1.807, 2.05) is 12.1 Å². The van der Waals surface area contributed by atoms with E-state index < -0.39 is 42.0 Å². The molecular weight excluding hydrogens is 555 g/mol. The first-order valence-electron chi connectivity index (χ1n) is 13.4. The van der Waals surface area contributed by atoms with Gasteiger partial charge in [0.15, 0.2) is 5.69 Å². The number of halogens is 5. The number of aromatic nitrogens is 5. The molecule has 5 aromatic rings. The Labute approximate surface area is 235 Å². The van der Waals surface area contributed by atoms with Crippen molar-refractivity contribution in [1.29, 1.82) is 0 Å². The topological polar surface area (TPSA) is 88.5 Å². The molecular formula is C30H23F5N6O. The number of hydrogen-bond donors (Lipinski definition) is 2. The third-order valence-corrected chi connectivity index (χ3v) is 7.99. The van der Waals surface area contributed by atoms with Gasteiger partial charge in [0, 0.05) is 52.4 Å². The zero-order valence-electron chi connectivity index (χ0n) is 21.9. The Morgan fingerprint density at radius 3 is 2.71 bits per heavy atom. The van der Waals surface area contributed by atoms with Crippen molar-refractivity contribution in [3.63, 3.8) is 0 Å². The second-order valence-electron chi connectivity index (χ2n) is 10.8. The van der Waals surface area contributed by atoms with Crippen molar-refractivity contribution in [3.8, 4) is 11.1 Å². The van der Waals surface area contributed by atoms with E-state index in [1.165, 1.54) is 18.3 Å². The lowest BCUT2D eigenvalue weighted by Crippen LogP contribution is -2.34. The molecule has 0 spiro atoms. The summed E-state index contributed by atoms with van der Waals surface area (Å²) in [6.07, 6.45) is 1.44. The first kappa shape index (κ1) is 26.3. The third-order valence-electron chi connectivity index (χ3n) is 7.99. The van der Waals surface area contributed by atoms with Crippen LogP contribution in [0.5, 0.6) is 0 Å². The van der Waals surface area contributed by atoms with Crippen molar-refractivity contribution in [2.75, 3.05) is 0 Å². The van der Waals surface area contributed by atoms with E-state index in [9.17, 15) is 26.7 Å². The predicted molar refractivity (Wildman–Crippen MR) is 142 cm³/mol. The number of alkyl halides is 3. The fraction of sp³-hybridized carbons (Fsp3) is 0.267. The van der Waals surface area contributed by atoms with Crippen LogP contribution < -0.4 is 5.32 Å². The van der Waals surface area contributed by atoms with Gasteiger partial charge in [-0.2, -0.15) is 18.3 Å². The van der Waals surface area contributed by atoms with Crippen molar-refractivity contribution < 1.29 is 26.7 Å². The molecule has 3 atom stereocenters. The highest BCUT2D eigenvalue weighted by molar-refractivity contribution is 5.82. The molecule has 1 aromatic carbocycles. The summed E-state index contributed by atoms with van der Waals surface area (Å²) in [5.41, 5.74) is 2.42. The van der Waals surface area contributed by atoms with Crippen molar-refractivity contribution in [2.45, 2.75) is 43.9 Å². The quantitative estimate of drug-likeness (QED) is 0.236. The second kappa shape index (κ2) is 9.74. The van der Waals surface area contributed by atoms with Crippen LogP contribution in [-0.2, 0) is 30.4 Å². The summed E-state index contributed by atoms with van der Waals surface area (Å²) >= 11 is 0. The van der Waals surface area contributed by atoms with Crippen molar-refractivity contribution in [2.24, 2.45) is 5.92 Å². The van der Waals surface area contributed by atoms with Gasteiger partial charge in [-0.25, -0.2) is 13.8 Å². The van der Waals surface area contributed by atoms with Gasteiger partial charge in [-0.05, 0) is 67.0 Å². The smallest absolute Gasteiger partial charge is 0.346 e. The fourth-order valence-corrected chi connectivity index (χ4v) is 6.11. The minimum atomic E-state index is -4.62. The molecule has 1 saturated carbocycles. The zero-order valence-corrected chi connectivity index (χ0v) is 21.9. The summed E-state index contributed by atoms with van der Waals surface area (Å²) in [4.78, 5) is 25.4. The van der Waals surface area contributed by atoms with Gasteiger partial charge in [0.05, 0.1) is 11.7 Å². The molecule has 2 aliphatic rings. The maximum absolute atomic E-state index is 14.1. The van der Waals surface area contributed by atoms with Crippen LogP contribution in [0.15, 0.2) is 61.1 Å². The van der Waals surface area contributed by atoms with Crippen LogP contribution in [0.1, 0.15) is 46.6 Å². The predicted octanol–water partition coefficient (Wildman–Crippen LogP) is 5.88. The van der Waals surface area contributed by atoms with Crippen LogP contribution in [0.4, 0.5) is 22.0 Å². The van der Waals surface area contributed by atoms with Gasteiger partial charge in [-0.3, -0.25) is 14.5 Å². The van der Waals surface area contributed by atoms with Crippen LogP contribution in [0.25, 0.3) is 22.2 Å². The molecule has 2 N–H and O–H groups in total. The molecule has 4 aromatic heterocycles.